The van der Waals surface area contributed by atoms with Crippen molar-refractivity contribution in [2.75, 3.05) is 37.9 Å². The van der Waals surface area contributed by atoms with Crippen molar-refractivity contribution in [2.24, 2.45) is 13.0 Å². The SMILES string of the molecule is C.C[C@@H]1[C@H](O)[C@@H](COP(=O)([O-])OCC(COP(=O)([O-])OC[C@H]2O[C@@H]([n+]3c[nH]c4c(=O)[nH]c(N)nc43)[C@H](O)[C@@H]2O)OP(=O)([O-])[O-])O[C@H]1[n+]1cn(C)c2c(=O)[nH]c(N)nc21. The van der Waals surface area contributed by atoms with E-state index in [1.165, 1.54) is 21.8 Å². The van der Waals surface area contributed by atoms with Gasteiger partial charge in [0.15, 0.2) is 18.9 Å². The number of nitrogens with two attached hydrogens (primary N) is 2. The maximum atomic E-state index is 12.6. The van der Waals surface area contributed by atoms with Crippen molar-refractivity contribution in [3.05, 3.63) is 33.4 Å². The molecular weight excluding hydrogens is 849 g/mol. The second kappa shape index (κ2) is 17.2. The zero-order valence-corrected chi connectivity index (χ0v) is 32.0. The van der Waals surface area contributed by atoms with Crippen molar-refractivity contribution >= 4 is 57.7 Å². The summed E-state index contributed by atoms with van der Waals surface area (Å²) >= 11 is 0. The standard InChI is InChI=1S/C25H37N10O19P3.CH4/c1-9-15(36)11(52-22(9)35-8-33(2)14-19(35)30-25(27)32-21(14)40)5-50-56(44,45)48-3-10(54-55(41,42)43)4-49-57(46,47)51-6-12-16(37)17(38)23(53-12)34-7-28-13-18(34)29-24(26)31-20(13)39;/h7-12,15-17,22-23,36-38H,3-6H2,1-2H3,(H9-,26,27,29,30,31,32,39,40,41,42,43,44,45,46,47);1H4/p-2/t9-,10?,11-,12-,15+,16-,17-,22-,23-;/m1./s1. The van der Waals surface area contributed by atoms with Crippen molar-refractivity contribution in [1.82, 2.24) is 29.5 Å². The lowest BCUT2D eigenvalue weighted by Gasteiger charge is -2.35. The first-order chi connectivity index (χ1) is 26.5. The monoisotopic (exact) mass is 888 g/mol. The van der Waals surface area contributed by atoms with Gasteiger partial charge >= 0.3 is 11.3 Å². The predicted octanol–water partition coefficient (Wildman–Crippen LogP) is -6.37. The van der Waals surface area contributed by atoms with Crippen molar-refractivity contribution < 1.29 is 89.8 Å². The first-order valence-corrected chi connectivity index (χ1v) is 20.7. The number of ether oxygens (including phenoxy) is 2. The number of phosphoric ester groups is 3. The lowest BCUT2D eigenvalue weighted by Crippen LogP contribution is -2.46. The van der Waals surface area contributed by atoms with Gasteiger partial charge in [-0.3, -0.25) is 38.2 Å². The molecule has 0 radical (unpaired) electrons. The number of H-pyrrole nitrogens is 3. The van der Waals surface area contributed by atoms with E-state index < -0.39 is 116 Å². The Morgan fingerprint density at radius 2 is 1.38 bits per heavy atom. The third-order valence-corrected chi connectivity index (χ3v) is 11.2. The van der Waals surface area contributed by atoms with Gasteiger partial charge in [0.05, 0.1) is 47.4 Å². The number of nitrogens with one attached hydrogen (secondary N) is 3. The minimum atomic E-state index is -5.93. The zero-order chi connectivity index (χ0) is 41.8. The summed E-state index contributed by atoms with van der Waals surface area (Å²) in [5.41, 5.74) is 10.1. The normalized spacial score (nSPS) is 27.7. The minimum absolute atomic E-state index is 0. The van der Waals surface area contributed by atoms with Crippen LogP contribution in [0.25, 0.3) is 22.3 Å². The topological polar surface area (TPSA) is 441 Å². The van der Waals surface area contributed by atoms with Crippen molar-refractivity contribution in [3.63, 3.8) is 0 Å². The van der Waals surface area contributed by atoms with E-state index in [1.54, 1.807) is 14.0 Å². The Bertz CT molecular complexity index is 2380. The summed E-state index contributed by atoms with van der Waals surface area (Å²) < 4.78 is 74.6. The van der Waals surface area contributed by atoms with E-state index in [9.17, 15) is 58.2 Å². The molecule has 0 aliphatic carbocycles. The highest BCUT2D eigenvalue weighted by molar-refractivity contribution is 7.46. The number of anilines is 2. The highest BCUT2D eigenvalue weighted by Gasteiger charge is 2.48. The average Bonchev–Trinajstić information content (AvgIpc) is 3.83. The summed E-state index contributed by atoms with van der Waals surface area (Å²) in [6.45, 7) is -3.02. The number of aliphatic hydroxyl groups is 3. The van der Waals surface area contributed by atoms with E-state index in [-0.39, 0.29) is 41.7 Å². The van der Waals surface area contributed by atoms with Gasteiger partial charge in [-0.15, -0.1) is 0 Å². The van der Waals surface area contributed by atoms with Crippen LogP contribution in [0.2, 0.25) is 0 Å². The molecule has 2 aliphatic heterocycles. The molecule has 2 fully saturated rings. The fraction of sp³-hybridized carbons (Fsp3) is 0.615. The van der Waals surface area contributed by atoms with E-state index in [1.807, 2.05) is 0 Å². The summed E-state index contributed by atoms with van der Waals surface area (Å²) in [7, 11) is -15.3. The van der Waals surface area contributed by atoms with Gasteiger partial charge in [0.1, 0.15) is 30.5 Å². The number of aliphatic hydroxyl groups excluding tert-OH is 3. The first-order valence-electron chi connectivity index (χ1n) is 16.3. The van der Waals surface area contributed by atoms with Gasteiger partial charge in [-0.1, -0.05) is 24.3 Å². The number of nitrogen functional groups attached to an aromatic ring is 2. The smallest absolute Gasteiger partial charge is 0.313 e. The summed E-state index contributed by atoms with van der Waals surface area (Å²) in [6, 6.07) is 0. The zero-order valence-electron chi connectivity index (χ0n) is 29.3. The lowest BCUT2D eigenvalue weighted by molar-refractivity contribution is -0.745. The summed E-state index contributed by atoms with van der Waals surface area (Å²) in [5, 5.41) is 31.8. The number of phosphoric acid groups is 3. The maximum Gasteiger partial charge on any atom is 0.313 e. The molecule has 4 aromatic heterocycles. The van der Waals surface area contributed by atoms with Crippen LogP contribution in [0.4, 0.5) is 11.9 Å². The molecule has 3 unspecified atom stereocenters. The highest BCUT2D eigenvalue weighted by Crippen LogP contribution is 2.44. The summed E-state index contributed by atoms with van der Waals surface area (Å²) in [6.07, 6.45) is -9.76. The largest absolute Gasteiger partial charge is 0.790 e. The molecule has 2 saturated heterocycles. The number of rotatable bonds is 16. The molecule has 2 aliphatic rings. The van der Waals surface area contributed by atoms with E-state index in [0.717, 1.165) is 4.57 Å². The second-order valence-electron chi connectivity index (χ2n) is 12.8. The van der Waals surface area contributed by atoms with Gasteiger partial charge in [0.25, 0.3) is 38.7 Å². The van der Waals surface area contributed by atoms with Gasteiger partial charge in [0, 0.05) is 5.92 Å². The van der Waals surface area contributed by atoms with Crippen LogP contribution in [0.5, 0.6) is 0 Å². The van der Waals surface area contributed by atoms with E-state index in [4.69, 9.17) is 25.5 Å². The number of hydrogen-bond acceptors (Lipinski definition) is 23. The average molecular weight is 889 g/mol. The second-order valence-corrected chi connectivity index (χ2v) is 16.7. The summed E-state index contributed by atoms with van der Waals surface area (Å²) in [5.74, 6) is -1.22. The summed E-state index contributed by atoms with van der Waals surface area (Å²) in [4.78, 5) is 87.6. The lowest BCUT2D eigenvalue weighted by atomic mass is 10.0. The van der Waals surface area contributed by atoms with Gasteiger partial charge < -0.3 is 83.0 Å². The minimum Gasteiger partial charge on any atom is -0.790 e. The van der Waals surface area contributed by atoms with Crippen LogP contribution < -0.4 is 51.3 Å². The Balaban J connectivity index is 0.00000641. The fourth-order valence-corrected chi connectivity index (χ4v) is 8.12. The van der Waals surface area contributed by atoms with Crippen LogP contribution in [-0.2, 0) is 52.8 Å². The van der Waals surface area contributed by atoms with Gasteiger partial charge in [0.2, 0.25) is 17.3 Å². The van der Waals surface area contributed by atoms with Gasteiger partial charge in [-0.25, -0.2) is 9.13 Å². The Morgan fingerprint density at radius 1 is 0.845 bits per heavy atom. The van der Waals surface area contributed by atoms with Crippen LogP contribution >= 0.6 is 23.5 Å². The third kappa shape index (κ3) is 9.89. The molecular formula is C26H39N10O19P3-2. The van der Waals surface area contributed by atoms with Gasteiger partial charge in [-0.05, 0) is 0 Å². The van der Waals surface area contributed by atoms with Crippen LogP contribution in [0.3, 0.4) is 0 Å². The van der Waals surface area contributed by atoms with E-state index >= 15 is 0 Å². The third-order valence-electron chi connectivity index (χ3n) is 8.78. The molecule has 29 nitrogen and oxygen atoms in total. The number of hydrogen-bond donors (Lipinski definition) is 8. The van der Waals surface area contributed by atoms with Crippen LogP contribution in [0.1, 0.15) is 26.8 Å². The van der Waals surface area contributed by atoms with Crippen molar-refractivity contribution in [3.8, 4) is 0 Å². The quantitative estimate of drug-likeness (QED) is 0.0383. The number of imidazole rings is 2. The number of nitrogens with zero attached hydrogens (tertiary/aromatic N) is 5. The van der Waals surface area contributed by atoms with Crippen LogP contribution in [0, 0.1) is 5.92 Å². The molecule has 10 N–H and O–H groups in total. The Labute approximate surface area is 324 Å². The Kier molecular flexibility index (Phi) is 13.5. The Morgan fingerprint density at radius 3 is 1.97 bits per heavy atom. The maximum absolute atomic E-state index is 12.6. The molecule has 0 bridgehead atoms. The van der Waals surface area contributed by atoms with Gasteiger partial charge in [-0.2, -0.15) is 0 Å². The number of aromatic nitrogens is 8. The molecule has 58 heavy (non-hydrogen) atoms. The van der Waals surface area contributed by atoms with Crippen molar-refractivity contribution in [2.45, 2.75) is 63.4 Å². The van der Waals surface area contributed by atoms with E-state index in [0.29, 0.717) is 0 Å². The van der Waals surface area contributed by atoms with Crippen LogP contribution in [0.15, 0.2) is 22.2 Å². The van der Waals surface area contributed by atoms with E-state index in [2.05, 4.69) is 43.0 Å². The molecule has 324 valence electrons. The molecule has 0 spiro atoms. The van der Waals surface area contributed by atoms with Crippen molar-refractivity contribution in [1.29, 1.82) is 0 Å². The molecule has 0 amide bonds. The molecule has 4 aromatic rings. The number of fused-ring (bicyclic) bond motifs is 2. The number of aryl methyl sites for hydroxylation is 1. The first kappa shape index (κ1) is 45.5. The molecule has 0 aromatic carbocycles. The number of aromatic amines is 3. The van der Waals surface area contributed by atoms with Crippen LogP contribution in [-0.4, -0.2) is 108 Å². The highest BCUT2D eigenvalue weighted by atomic mass is 31.2. The molecule has 11 atom stereocenters. The molecule has 0 saturated carbocycles. The molecule has 6 rings (SSSR count). The Hall–Kier alpha value is -3.57. The predicted molar refractivity (Wildman–Crippen MR) is 180 cm³/mol. The molecule has 32 heteroatoms. The molecule has 6 heterocycles. The fourth-order valence-electron chi connectivity index (χ4n) is 6.13.